The second kappa shape index (κ2) is 9.71. The first-order valence-corrected chi connectivity index (χ1v) is 13.2. The van der Waals surface area contributed by atoms with Crippen LogP contribution < -0.4 is 15.2 Å². The zero-order valence-corrected chi connectivity index (χ0v) is 20.6. The number of hydrogen-bond donors (Lipinski definition) is 1. The number of thiophene rings is 1. The number of aromatic nitrogens is 2. The predicted octanol–water partition coefficient (Wildman–Crippen LogP) is 3.75. The van der Waals surface area contributed by atoms with Crippen LogP contribution in [0.4, 0.5) is 0 Å². The van der Waals surface area contributed by atoms with E-state index in [2.05, 4.69) is 31.3 Å². The van der Waals surface area contributed by atoms with Crippen LogP contribution in [-0.4, -0.2) is 35.5 Å². The highest BCUT2D eigenvalue weighted by Crippen LogP contribution is 2.32. The fourth-order valence-electron chi connectivity index (χ4n) is 4.33. The van der Waals surface area contributed by atoms with Gasteiger partial charge in [-0.2, -0.15) is 0 Å². The Labute approximate surface area is 202 Å². The molecule has 4 aromatic rings. The van der Waals surface area contributed by atoms with Gasteiger partial charge in [-0.3, -0.25) is 9.36 Å². The lowest BCUT2D eigenvalue weighted by Gasteiger charge is -2.19. The van der Waals surface area contributed by atoms with Crippen LogP contribution >= 0.6 is 23.1 Å². The molecule has 3 heterocycles. The summed E-state index contributed by atoms with van der Waals surface area (Å²) in [7, 11) is 2.21. The van der Waals surface area contributed by atoms with Crippen molar-refractivity contribution in [3.63, 3.8) is 0 Å². The van der Waals surface area contributed by atoms with E-state index in [9.17, 15) is 4.79 Å². The summed E-state index contributed by atoms with van der Waals surface area (Å²) >= 11 is 3.34. The monoisotopic (exact) mass is 478 g/mol. The quantitative estimate of drug-likeness (QED) is 0.325. The molecule has 0 bridgehead atoms. The molecule has 0 aliphatic carbocycles. The molecular weight excluding hydrogens is 450 g/mol. The van der Waals surface area contributed by atoms with Crippen LogP contribution in [0.5, 0.6) is 5.75 Å². The number of likely N-dealkylation sites (N-methyl/N-ethyl adjacent to an activating group) is 1. The van der Waals surface area contributed by atoms with Gasteiger partial charge in [0, 0.05) is 12.2 Å². The van der Waals surface area contributed by atoms with Gasteiger partial charge < -0.3 is 9.64 Å². The first kappa shape index (κ1) is 22.2. The molecule has 2 aromatic carbocycles. The van der Waals surface area contributed by atoms with Gasteiger partial charge in [-0.05, 0) is 48.7 Å². The average molecular weight is 479 g/mol. The number of ether oxygens (including phenoxy) is 1. The summed E-state index contributed by atoms with van der Waals surface area (Å²) in [5.41, 5.74) is 3.37. The molecule has 1 N–H and O–H groups in total. The van der Waals surface area contributed by atoms with Gasteiger partial charge in [0.15, 0.2) is 5.16 Å². The van der Waals surface area contributed by atoms with Crippen LogP contribution in [-0.2, 0) is 19.4 Å². The summed E-state index contributed by atoms with van der Waals surface area (Å²) in [6.07, 6.45) is 1.86. The minimum absolute atomic E-state index is 0.0448. The SMILES string of the molecule is CCOc1ccc(-n2c(SCCc3ccccc3)nc3sc4c(c3c2=O)CC[NH+](C)C4)cc1. The molecule has 1 aliphatic heterocycles. The molecule has 1 atom stereocenters. The van der Waals surface area contributed by atoms with Gasteiger partial charge in [0.25, 0.3) is 5.56 Å². The zero-order valence-electron chi connectivity index (χ0n) is 19.0. The number of benzene rings is 2. The molecule has 0 saturated carbocycles. The summed E-state index contributed by atoms with van der Waals surface area (Å²) in [4.78, 5) is 22.6. The number of nitrogens with zero attached hydrogens (tertiary/aromatic N) is 2. The molecule has 1 unspecified atom stereocenters. The van der Waals surface area contributed by atoms with Crippen LogP contribution in [0.15, 0.2) is 64.5 Å². The average Bonchev–Trinajstić information content (AvgIpc) is 3.18. The lowest BCUT2D eigenvalue weighted by Crippen LogP contribution is -3.08. The van der Waals surface area contributed by atoms with Crippen molar-refractivity contribution in [3.05, 3.63) is 81.0 Å². The second-order valence-electron chi connectivity index (χ2n) is 8.36. The fraction of sp³-hybridized carbons (Fsp3) is 0.308. The Morgan fingerprint density at radius 3 is 2.70 bits per heavy atom. The third kappa shape index (κ3) is 4.58. The van der Waals surface area contributed by atoms with E-state index >= 15 is 0 Å². The van der Waals surface area contributed by atoms with Crippen molar-refractivity contribution in [3.8, 4) is 11.4 Å². The van der Waals surface area contributed by atoms with E-state index in [1.807, 2.05) is 37.3 Å². The summed E-state index contributed by atoms with van der Waals surface area (Å²) < 4.78 is 7.40. The topological polar surface area (TPSA) is 48.6 Å². The number of hydrogen-bond acceptors (Lipinski definition) is 5. The maximum Gasteiger partial charge on any atom is 0.267 e. The zero-order chi connectivity index (χ0) is 22.8. The summed E-state index contributed by atoms with van der Waals surface area (Å²) in [6, 6.07) is 18.2. The van der Waals surface area contributed by atoms with E-state index in [0.29, 0.717) is 6.61 Å². The van der Waals surface area contributed by atoms with Crippen LogP contribution in [0.3, 0.4) is 0 Å². The third-order valence-electron chi connectivity index (χ3n) is 6.01. The van der Waals surface area contributed by atoms with Crippen LogP contribution in [0.1, 0.15) is 22.9 Å². The van der Waals surface area contributed by atoms with Gasteiger partial charge in [-0.15, -0.1) is 11.3 Å². The smallest absolute Gasteiger partial charge is 0.267 e. The number of rotatable bonds is 7. The van der Waals surface area contributed by atoms with Gasteiger partial charge in [0.1, 0.15) is 17.1 Å². The number of quaternary nitrogens is 1. The molecule has 5 rings (SSSR count). The van der Waals surface area contributed by atoms with Crippen molar-refractivity contribution in [1.29, 1.82) is 0 Å². The first-order valence-electron chi connectivity index (χ1n) is 11.4. The molecule has 0 radical (unpaired) electrons. The molecule has 33 heavy (non-hydrogen) atoms. The Morgan fingerprint density at radius 1 is 1.15 bits per heavy atom. The minimum atomic E-state index is 0.0448. The van der Waals surface area contributed by atoms with Crippen molar-refractivity contribution < 1.29 is 9.64 Å². The van der Waals surface area contributed by atoms with Gasteiger partial charge in [-0.25, -0.2) is 4.98 Å². The molecule has 170 valence electrons. The van der Waals surface area contributed by atoms with Crippen LogP contribution in [0, 0.1) is 0 Å². The highest BCUT2D eigenvalue weighted by atomic mass is 32.2. The molecule has 2 aromatic heterocycles. The molecule has 0 spiro atoms. The van der Waals surface area contributed by atoms with E-state index in [1.54, 1.807) is 27.7 Å². The number of aryl methyl sites for hydroxylation is 1. The van der Waals surface area contributed by atoms with Crippen LogP contribution in [0.2, 0.25) is 0 Å². The van der Waals surface area contributed by atoms with E-state index in [1.165, 1.54) is 20.9 Å². The second-order valence-corrected chi connectivity index (χ2v) is 10.5. The van der Waals surface area contributed by atoms with Crippen molar-refractivity contribution in [2.24, 2.45) is 0 Å². The summed E-state index contributed by atoms with van der Waals surface area (Å²) in [5.74, 6) is 1.66. The molecule has 5 nitrogen and oxygen atoms in total. The van der Waals surface area contributed by atoms with E-state index < -0.39 is 0 Å². The lowest BCUT2D eigenvalue weighted by molar-refractivity contribution is -0.895. The van der Waals surface area contributed by atoms with Gasteiger partial charge in [0.05, 0.1) is 36.2 Å². The van der Waals surface area contributed by atoms with E-state index in [-0.39, 0.29) is 5.56 Å². The first-order chi connectivity index (χ1) is 16.1. The standard InChI is InChI=1S/C26H27N3O2S2/c1-3-31-20-11-9-19(10-12-20)29-25(30)23-21-13-15-28(2)17-22(21)33-24(23)27-26(29)32-16-14-18-7-5-4-6-8-18/h4-12H,3,13-17H2,1-2H3/p+1. The summed E-state index contributed by atoms with van der Waals surface area (Å²) in [6.45, 7) is 4.60. The Hall–Kier alpha value is -2.61. The normalized spacial score (nSPS) is 15.5. The maximum absolute atomic E-state index is 13.9. The molecule has 0 amide bonds. The fourth-order valence-corrected chi connectivity index (χ4v) is 6.70. The van der Waals surface area contributed by atoms with Gasteiger partial charge in [0.2, 0.25) is 0 Å². The molecular formula is C26H28N3O2S2+. The third-order valence-corrected chi connectivity index (χ3v) is 8.08. The van der Waals surface area contributed by atoms with Crippen molar-refractivity contribution >= 4 is 33.3 Å². The summed E-state index contributed by atoms with van der Waals surface area (Å²) in [5, 5.41) is 1.57. The Balaban J connectivity index is 1.57. The Bertz CT molecular complexity index is 1310. The van der Waals surface area contributed by atoms with Gasteiger partial charge >= 0.3 is 0 Å². The van der Waals surface area contributed by atoms with E-state index in [4.69, 9.17) is 9.72 Å². The highest BCUT2D eigenvalue weighted by molar-refractivity contribution is 7.99. The Kier molecular flexibility index (Phi) is 6.53. The molecule has 0 saturated heterocycles. The minimum Gasteiger partial charge on any atom is -0.494 e. The number of thioether (sulfide) groups is 1. The molecule has 1 aliphatic rings. The highest BCUT2D eigenvalue weighted by Gasteiger charge is 2.26. The number of fused-ring (bicyclic) bond motifs is 3. The van der Waals surface area contributed by atoms with E-state index in [0.717, 1.165) is 58.5 Å². The lowest BCUT2D eigenvalue weighted by atomic mass is 10.1. The van der Waals surface area contributed by atoms with Crippen LogP contribution in [0.25, 0.3) is 15.9 Å². The Morgan fingerprint density at radius 2 is 1.94 bits per heavy atom. The van der Waals surface area contributed by atoms with Crippen molar-refractivity contribution in [1.82, 2.24) is 9.55 Å². The predicted molar refractivity (Wildman–Crippen MR) is 136 cm³/mol. The van der Waals surface area contributed by atoms with Gasteiger partial charge in [-0.1, -0.05) is 42.1 Å². The van der Waals surface area contributed by atoms with Crippen molar-refractivity contribution in [2.45, 2.75) is 31.5 Å². The number of nitrogens with one attached hydrogen (secondary N) is 1. The largest absolute Gasteiger partial charge is 0.494 e. The maximum atomic E-state index is 13.9. The van der Waals surface area contributed by atoms with Crippen molar-refractivity contribution in [2.75, 3.05) is 26.0 Å². The molecule has 7 heteroatoms. The molecule has 0 fully saturated rings.